The van der Waals surface area contributed by atoms with Crippen LogP contribution in [0.5, 0.6) is 0 Å². The number of fused-ring (bicyclic) bond motifs is 3. The van der Waals surface area contributed by atoms with Gasteiger partial charge in [-0.15, -0.1) is 11.3 Å². The van der Waals surface area contributed by atoms with Crippen molar-refractivity contribution in [1.82, 2.24) is 24.6 Å². The fraction of sp³-hybridized carbons (Fsp3) is 0.348. The summed E-state index contributed by atoms with van der Waals surface area (Å²) in [5.74, 6) is 0. The Kier molecular flexibility index (Phi) is 5.65. The minimum absolute atomic E-state index is 0.0467. The Morgan fingerprint density at radius 1 is 1.32 bits per heavy atom. The van der Waals surface area contributed by atoms with Crippen molar-refractivity contribution in [2.24, 2.45) is 7.05 Å². The highest BCUT2D eigenvalue weighted by atomic mass is 35.5. The number of hydrogen-bond acceptors (Lipinski definition) is 5. The Morgan fingerprint density at radius 2 is 2.23 bits per heavy atom. The van der Waals surface area contributed by atoms with Gasteiger partial charge in [0.1, 0.15) is 4.83 Å². The van der Waals surface area contributed by atoms with Gasteiger partial charge >= 0.3 is 0 Å². The summed E-state index contributed by atoms with van der Waals surface area (Å²) in [6, 6.07) is 8.05. The van der Waals surface area contributed by atoms with Crippen LogP contribution in [-0.2, 0) is 32.9 Å². The Bertz CT molecular complexity index is 1290. The first-order valence-electron chi connectivity index (χ1n) is 10.5. The fourth-order valence-corrected chi connectivity index (χ4v) is 5.81. The average Bonchev–Trinajstić information content (AvgIpc) is 3.33. The lowest BCUT2D eigenvalue weighted by Crippen LogP contribution is -2.35. The summed E-state index contributed by atoms with van der Waals surface area (Å²) in [5.41, 5.74) is 3.49. The highest BCUT2D eigenvalue weighted by Crippen LogP contribution is 2.33. The number of nitrogens with one attached hydrogen (secondary N) is 1. The summed E-state index contributed by atoms with van der Waals surface area (Å²) in [5, 5.41) is 9.39. The Hall–Kier alpha value is -2.48. The maximum absolute atomic E-state index is 13.2. The lowest BCUT2D eigenvalue weighted by molar-refractivity contribution is 0.466. The van der Waals surface area contributed by atoms with Gasteiger partial charge in [0.05, 0.1) is 24.5 Å². The molecule has 1 aromatic carbocycles. The predicted octanol–water partition coefficient (Wildman–Crippen LogP) is 3.58. The maximum Gasteiger partial charge on any atom is 0.262 e. The monoisotopic (exact) mass is 453 g/mol. The molecule has 3 heterocycles. The van der Waals surface area contributed by atoms with Crippen LogP contribution >= 0.6 is 22.9 Å². The number of rotatable bonds is 6. The molecule has 1 atom stereocenters. The van der Waals surface area contributed by atoms with Gasteiger partial charge in [0.15, 0.2) is 0 Å². The van der Waals surface area contributed by atoms with Crippen LogP contribution in [-0.4, -0.2) is 31.9 Å². The van der Waals surface area contributed by atoms with Crippen LogP contribution in [0.3, 0.4) is 0 Å². The Morgan fingerprint density at radius 3 is 3.03 bits per heavy atom. The van der Waals surface area contributed by atoms with Crippen molar-refractivity contribution in [2.75, 3.05) is 6.54 Å². The van der Waals surface area contributed by atoms with Crippen molar-refractivity contribution < 1.29 is 0 Å². The lowest BCUT2D eigenvalue weighted by Gasteiger charge is -2.23. The largest absolute Gasteiger partial charge is 0.313 e. The van der Waals surface area contributed by atoms with Gasteiger partial charge in [0.2, 0.25) is 0 Å². The van der Waals surface area contributed by atoms with Crippen LogP contribution in [0.2, 0.25) is 5.02 Å². The van der Waals surface area contributed by atoms with Crippen LogP contribution in [0.25, 0.3) is 10.2 Å². The first-order valence-corrected chi connectivity index (χ1v) is 11.7. The number of aromatic nitrogens is 4. The first-order chi connectivity index (χ1) is 15.1. The van der Waals surface area contributed by atoms with Crippen LogP contribution in [0.4, 0.5) is 0 Å². The van der Waals surface area contributed by atoms with Crippen molar-refractivity contribution in [3.8, 4) is 0 Å². The van der Waals surface area contributed by atoms with E-state index in [4.69, 9.17) is 11.6 Å². The third-order valence-electron chi connectivity index (χ3n) is 5.88. The van der Waals surface area contributed by atoms with E-state index in [9.17, 15) is 4.79 Å². The minimum atomic E-state index is 0.0467. The highest BCUT2D eigenvalue weighted by Gasteiger charge is 2.25. The third-order valence-corrected chi connectivity index (χ3v) is 7.28. The molecule has 0 spiro atoms. The molecule has 0 bridgehead atoms. The van der Waals surface area contributed by atoms with Crippen molar-refractivity contribution >= 4 is 33.2 Å². The molecule has 3 aromatic heterocycles. The van der Waals surface area contributed by atoms with Crippen molar-refractivity contribution in [3.63, 3.8) is 0 Å². The number of halogens is 1. The second-order valence-electron chi connectivity index (χ2n) is 8.16. The number of nitrogens with zero attached hydrogens (tertiary/aromatic N) is 4. The molecule has 1 unspecified atom stereocenters. The minimum Gasteiger partial charge on any atom is -0.313 e. The molecule has 160 valence electrons. The van der Waals surface area contributed by atoms with E-state index in [-0.39, 0.29) is 5.56 Å². The van der Waals surface area contributed by atoms with Gasteiger partial charge in [0, 0.05) is 29.2 Å². The van der Waals surface area contributed by atoms with Crippen LogP contribution in [0, 0.1) is 0 Å². The van der Waals surface area contributed by atoms with E-state index >= 15 is 0 Å². The highest BCUT2D eigenvalue weighted by molar-refractivity contribution is 7.18. The topological polar surface area (TPSA) is 64.7 Å². The van der Waals surface area contributed by atoms with Crippen molar-refractivity contribution in [1.29, 1.82) is 0 Å². The van der Waals surface area contributed by atoms with E-state index in [2.05, 4.69) is 21.6 Å². The molecule has 1 aliphatic rings. The van der Waals surface area contributed by atoms with Crippen LogP contribution in [0.15, 0.2) is 47.8 Å². The summed E-state index contributed by atoms with van der Waals surface area (Å²) in [4.78, 5) is 20.0. The quantitative estimate of drug-likeness (QED) is 0.484. The zero-order valence-corrected chi connectivity index (χ0v) is 18.9. The number of hydrogen-bond donors (Lipinski definition) is 1. The Balaban J connectivity index is 1.32. The third kappa shape index (κ3) is 4.31. The zero-order chi connectivity index (χ0) is 21.4. The lowest BCUT2D eigenvalue weighted by atomic mass is 9.93. The summed E-state index contributed by atoms with van der Waals surface area (Å²) >= 11 is 7.77. The number of benzene rings is 1. The standard InChI is InChI=1S/C23H24ClN5OS/c1-28-12-16(11-27-28)7-8-25-18-5-6-19-20(10-18)31-22-21(19)23(30)29(14-26-22)13-15-3-2-4-17(24)9-15/h2-4,9,11-12,14,18,25H,5-8,10,13H2,1H3. The molecule has 0 saturated heterocycles. The molecule has 0 saturated carbocycles. The normalized spacial score (nSPS) is 16.0. The summed E-state index contributed by atoms with van der Waals surface area (Å²) in [6.45, 7) is 1.41. The van der Waals surface area contributed by atoms with E-state index in [0.29, 0.717) is 17.6 Å². The summed E-state index contributed by atoms with van der Waals surface area (Å²) in [7, 11) is 1.94. The van der Waals surface area contributed by atoms with Crippen molar-refractivity contribution in [2.45, 2.75) is 38.3 Å². The molecule has 5 rings (SSSR count). The number of aryl methyl sites for hydroxylation is 2. The van der Waals surface area contributed by atoms with Crippen LogP contribution in [0.1, 0.15) is 28.0 Å². The van der Waals surface area contributed by atoms with Gasteiger partial charge in [-0.2, -0.15) is 5.10 Å². The Labute approximate surface area is 189 Å². The van der Waals surface area contributed by atoms with Gasteiger partial charge in [0.25, 0.3) is 5.56 Å². The van der Waals surface area contributed by atoms with Gasteiger partial charge < -0.3 is 5.32 Å². The first kappa shape index (κ1) is 20.4. The molecule has 0 amide bonds. The molecule has 4 aromatic rings. The maximum atomic E-state index is 13.2. The smallest absolute Gasteiger partial charge is 0.262 e. The van der Waals surface area contributed by atoms with Crippen LogP contribution < -0.4 is 10.9 Å². The molecular weight excluding hydrogens is 430 g/mol. The van der Waals surface area contributed by atoms with Gasteiger partial charge in [-0.1, -0.05) is 23.7 Å². The van der Waals surface area contributed by atoms with E-state index in [0.717, 1.165) is 48.0 Å². The number of thiophene rings is 1. The summed E-state index contributed by atoms with van der Waals surface area (Å²) in [6.07, 6.45) is 9.53. The molecule has 1 N–H and O–H groups in total. The molecule has 8 heteroatoms. The van der Waals surface area contributed by atoms with Gasteiger partial charge in [-0.25, -0.2) is 4.98 Å². The fourth-order valence-electron chi connectivity index (χ4n) is 4.34. The van der Waals surface area contributed by atoms with E-state index < -0.39 is 0 Å². The second kappa shape index (κ2) is 8.57. The molecule has 6 nitrogen and oxygen atoms in total. The molecule has 1 aliphatic carbocycles. The SMILES string of the molecule is Cn1cc(CCNC2CCc3c(sc4ncn(Cc5cccc(Cl)c5)c(=O)c34)C2)cn1. The van der Waals surface area contributed by atoms with Crippen molar-refractivity contribution in [3.05, 3.63) is 79.9 Å². The molecule has 0 aliphatic heterocycles. The predicted molar refractivity (Wildman–Crippen MR) is 125 cm³/mol. The van der Waals surface area contributed by atoms with Gasteiger partial charge in [-0.05, 0) is 61.1 Å². The van der Waals surface area contributed by atoms with Gasteiger partial charge in [-0.3, -0.25) is 14.0 Å². The van der Waals surface area contributed by atoms with E-state index in [1.807, 2.05) is 42.2 Å². The average molecular weight is 454 g/mol. The van der Waals surface area contributed by atoms with E-state index in [1.165, 1.54) is 16.0 Å². The molecular formula is C23H24ClN5OS. The second-order valence-corrected chi connectivity index (χ2v) is 9.68. The van der Waals surface area contributed by atoms with E-state index in [1.54, 1.807) is 22.2 Å². The molecule has 31 heavy (non-hydrogen) atoms. The molecule has 0 fully saturated rings. The zero-order valence-electron chi connectivity index (χ0n) is 17.3. The summed E-state index contributed by atoms with van der Waals surface area (Å²) < 4.78 is 3.53. The molecule has 0 radical (unpaired) electrons.